The highest BCUT2D eigenvalue weighted by Gasteiger charge is 2.65. The van der Waals surface area contributed by atoms with Crippen LogP contribution in [0.3, 0.4) is 0 Å². The van der Waals surface area contributed by atoms with E-state index in [4.69, 9.17) is 23.1 Å². The summed E-state index contributed by atoms with van der Waals surface area (Å²) in [5, 5.41) is 0.0180. The quantitative estimate of drug-likeness (QED) is 0.303. The van der Waals surface area contributed by atoms with Crippen molar-refractivity contribution in [1.29, 1.82) is 0 Å². The molecule has 2 rings (SSSR count). The molecule has 0 unspecified atom stereocenters. The van der Waals surface area contributed by atoms with Gasteiger partial charge in [-0.05, 0) is 56.2 Å². The van der Waals surface area contributed by atoms with Crippen LogP contribution >= 0.6 is 0 Å². The third-order valence-electron chi connectivity index (χ3n) is 7.38. The van der Waals surface area contributed by atoms with Gasteiger partial charge in [0.1, 0.15) is 12.2 Å². The van der Waals surface area contributed by atoms with Crippen LogP contribution < -0.4 is 0 Å². The van der Waals surface area contributed by atoms with Gasteiger partial charge in [-0.3, -0.25) is 0 Å². The third-order valence-corrected chi connectivity index (χ3v) is 16.3. The highest BCUT2D eigenvalue weighted by atomic mass is 28.4. The molecule has 180 valence electrons. The Bertz CT molecular complexity index is 717. The minimum Gasteiger partial charge on any atom is -0.467 e. The van der Waals surface area contributed by atoms with Crippen molar-refractivity contribution in [2.24, 2.45) is 0 Å². The highest BCUT2D eigenvalue weighted by Crippen LogP contribution is 2.48. The van der Waals surface area contributed by atoms with Crippen molar-refractivity contribution in [3.8, 4) is 0 Å². The van der Waals surface area contributed by atoms with Crippen molar-refractivity contribution in [1.82, 2.24) is 0 Å². The molecule has 8 heteroatoms. The summed E-state index contributed by atoms with van der Waals surface area (Å²) in [6.45, 7) is 25.7. The predicted octanol–water partition coefficient (Wildman–Crippen LogP) is 5.40. The zero-order valence-corrected chi connectivity index (χ0v) is 23.8. The molecule has 0 radical (unpaired) electrons. The lowest BCUT2D eigenvalue weighted by Crippen LogP contribution is -2.63. The van der Waals surface area contributed by atoms with Gasteiger partial charge < -0.3 is 23.1 Å². The van der Waals surface area contributed by atoms with Gasteiger partial charge in [0.15, 0.2) is 22.4 Å². The van der Waals surface area contributed by atoms with Gasteiger partial charge in [-0.25, -0.2) is 4.79 Å². The summed E-state index contributed by atoms with van der Waals surface area (Å²) in [6, 6.07) is 0. The maximum Gasteiger partial charge on any atom is 0.345 e. The maximum atomic E-state index is 13.0. The Balaban J connectivity index is 2.58. The number of carbonyl (C=O) groups excluding carboxylic acids is 1. The molecule has 0 N–H and O–H groups in total. The first-order chi connectivity index (χ1) is 13.7. The zero-order chi connectivity index (χ0) is 24.3. The van der Waals surface area contributed by atoms with Crippen LogP contribution in [0.4, 0.5) is 0 Å². The largest absolute Gasteiger partial charge is 0.467 e. The Morgan fingerprint density at radius 2 is 1.42 bits per heavy atom. The topological polar surface area (TPSA) is 63.2 Å². The van der Waals surface area contributed by atoms with Gasteiger partial charge >= 0.3 is 5.97 Å². The lowest BCUT2D eigenvalue weighted by atomic mass is 9.84. The molecular weight excluding hydrogens is 428 g/mol. The monoisotopic (exact) mass is 472 g/mol. The molecule has 1 aliphatic heterocycles. The summed E-state index contributed by atoms with van der Waals surface area (Å²) in [5.74, 6) is -1.43. The van der Waals surface area contributed by atoms with Crippen LogP contribution in [-0.4, -0.2) is 59.4 Å². The molecule has 4 atom stereocenters. The molecule has 0 aromatic rings. The van der Waals surface area contributed by atoms with Gasteiger partial charge in [-0.1, -0.05) is 47.6 Å². The van der Waals surface area contributed by atoms with E-state index in [0.29, 0.717) is 0 Å². The van der Waals surface area contributed by atoms with E-state index in [2.05, 4.69) is 67.7 Å². The summed E-state index contributed by atoms with van der Waals surface area (Å²) < 4.78 is 31.4. The van der Waals surface area contributed by atoms with E-state index < -0.39 is 46.2 Å². The second kappa shape index (κ2) is 8.06. The average Bonchev–Trinajstić information content (AvgIpc) is 2.86. The zero-order valence-electron chi connectivity index (χ0n) is 21.8. The molecule has 1 fully saturated rings. The highest BCUT2D eigenvalue weighted by molar-refractivity contribution is 6.74. The number of hydrogen-bond donors (Lipinski definition) is 0. The number of ether oxygens (including phenoxy) is 3. The van der Waals surface area contributed by atoms with Gasteiger partial charge in [-0.2, -0.15) is 0 Å². The molecule has 0 bridgehead atoms. The minimum absolute atomic E-state index is 0.0153. The van der Waals surface area contributed by atoms with E-state index in [9.17, 15) is 4.79 Å². The molecule has 0 spiro atoms. The van der Waals surface area contributed by atoms with Crippen LogP contribution in [0, 0.1) is 0 Å². The Hall–Kier alpha value is -0.516. The first-order valence-corrected chi connectivity index (χ1v) is 17.0. The lowest BCUT2D eigenvalue weighted by Gasteiger charge is -2.48. The Kier molecular flexibility index (Phi) is 6.95. The van der Waals surface area contributed by atoms with Crippen molar-refractivity contribution in [3.05, 3.63) is 12.2 Å². The molecule has 1 aliphatic carbocycles. The predicted molar refractivity (Wildman–Crippen MR) is 128 cm³/mol. The Morgan fingerprint density at radius 3 is 1.87 bits per heavy atom. The summed E-state index contributed by atoms with van der Waals surface area (Å²) >= 11 is 0. The molecule has 0 saturated carbocycles. The third kappa shape index (κ3) is 5.04. The van der Waals surface area contributed by atoms with Gasteiger partial charge in [0.2, 0.25) is 5.60 Å². The van der Waals surface area contributed by atoms with Crippen molar-refractivity contribution in [2.75, 3.05) is 7.11 Å². The molecule has 1 saturated heterocycles. The summed E-state index contributed by atoms with van der Waals surface area (Å²) in [5.41, 5.74) is -1.35. The van der Waals surface area contributed by atoms with Crippen LogP contribution in [0.25, 0.3) is 0 Å². The Morgan fingerprint density at radius 1 is 0.935 bits per heavy atom. The van der Waals surface area contributed by atoms with Gasteiger partial charge in [0.05, 0.1) is 13.2 Å². The van der Waals surface area contributed by atoms with Crippen LogP contribution in [0.2, 0.25) is 36.3 Å². The molecule has 2 aliphatic rings. The van der Waals surface area contributed by atoms with Gasteiger partial charge in [0, 0.05) is 0 Å². The van der Waals surface area contributed by atoms with Crippen LogP contribution in [0.5, 0.6) is 0 Å². The number of methoxy groups -OCH3 is 1. The molecule has 0 aromatic carbocycles. The van der Waals surface area contributed by atoms with Crippen molar-refractivity contribution < 1.29 is 27.9 Å². The van der Waals surface area contributed by atoms with E-state index in [1.165, 1.54) is 7.11 Å². The van der Waals surface area contributed by atoms with E-state index in [-0.39, 0.29) is 16.2 Å². The van der Waals surface area contributed by atoms with E-state index in [1.807, 2.05) is 19.9 Å². The molecular formula is C23H44O6Si2. The van der Waals surface area contributed by atoms with E-state index in [0.717, 1.165) is 0 Å². The fourth-order valence-electron chi connectivity index (χ4n) is 3.50. The molecule has 31 heavy (non-hydrogen) atoms. The molecule has 0 aromatic heterocycles. The number of esters is 1. The van der Waals surface area contributed by atoms with Crippen molar-refractivity contribution >= 4 is 22.6 Å². The number of rotatable bonds is 5. The fraction of sp³-hybridized carbons (Fsp3) is 0.870. The lowest BCUT2D eigenvalue weighted by molar-refractivity contribution is -0.179. The second-order valence-corrected chi connectivity index (χ2v) is 21.9. The van der Waals surface area contributed by atoms with Crippen LogP contribution in [0.1, 0.15) is 55.4 Å². The minimum atomic E-state index is -2.23. The fourth-order valence-corrected chi connectivity index (χ4v) is 6.03. The van der Waals surface area contributed by atoms with Crippen molar-refractivity contribution in [3.63, 3.8) is 0 Å². The first-order valence-electron chi connectivity index (χ1n) is 11.2. The Labute approximate surface area is 191 Å². The maximum absolute atomic E-state index is 13.0. The average molecular weight is 473 g/mol. The normalized spacial score (nSPS) is 31.5. The first kappa shape index (κ1) is 26.7. The van der Waals surface area contributed by atoms with Gasteiger partial charge in [0.25, 0.3) is 0 Å². The summed E-state index contributed by atoms with van der Waals surface area (Å²) in [4.78, 5) is 13.0. The summed E-state index contributed by atoms with van der Waals surface area (Å²) in [6.07, 6.45) is 2.21. The standard InChI is InChI=1S/C23H44O6Si2/c1-20(2,3)30(10,11)27-16-14-15-23(19(24)25-9)18(26-22(7,8)29-23)17(16)28-31(12,13)21(4,5)6/h14-18H,1-13H3/t16-,17+,18+,23-/m1/s1. The van der Waals surface area contributed by atoms with E-state index >= 15 is 0 Å². The number of hydrogen-bond acceptors (Lipinski definition) is 6. The number of carbonyl (C=O) groups is 1. The molecule has 1 heterocycles. The SMILES string of the molecule is COC(=O)[C@@]12C=C[C@@H](O[Si](C)(C)C(C)(C)C)[C@H](O[Si](C)(C)C(C)(C)C)[C@@H]1OC(C)(C)O2. The van der Waals surface area contributed by atoms with Crippen LogP contribution in [0.15, 0.2) is 12.2 Å². The molecule has 6 nitrogen and oxygen atoms in total. The van der Waals surface area contributed by atoms with Gasteiger partial charge in [-0.15, -0.1) is 0 Å². The van der Waals surface area contributed by atoms with Crippen LogP contribution in [-0.2, 0) is 27.9 Å². The number of fused-ring (bicyclic) bond motifs is 1. The summed E-state index contributed by atoms with van der Waals surface area (Å²) in [7, 11) is -2.98. The van der Waals surface area contributed by atoms with E-state index in [1.54, 1.807) is 6.08 Å². The molecule has 0 amide bonds. The second-order valence-electron chi connectivity index (χ2n) is 12.4. The smallest absolute Gasteiger partial charge is 0.345 e. The van der Waals surface area contributed by atoms with Crippen molar-refractivity contribution in [2.45, 2.75) is 121 Å².